The number of rotatable bonds is 0. The van der Waals surface area contributed by atoms with Crippen molar-refractivity contribution in [1.82, 2.24) is 0 Å². The van der Waals surface area contributed by atoms with Crippen molar-refractivity contribution in [2.75, 3.05) is 0 Å². The number of nitrogens with zero attached hydrogens (tertiary/aromatic N) is 3. The molecule has 0 saturated carbocycles. The van der Waals surface area contributed by atoms with E-state index in [1.807, 2.05) is 12.2 Å². The van der Waals surface area contributed by atoms with Gasteiger partial charge in [0.1, 0.15) is 0 Å². The molecule has 2 aliphatic heterocycles. The van der Waals surface area contributed by atoms with Crippen molar-refractivity contribution in [2.24, 2.45) is 21.1 Å². The molecule has 0 amide bonds. The molecule has 2 aliphatic rings. The third-order valence-electron chi connectivity index (χ3n) is 1.30. The number of amidine groups is 1. The average molecular weight is 119 g/mol. The molecule has 0 aromatic heterocycles. The first-order valence-corrected chi connectivity index (χ1v) is 2.79. The highest BCUT2D eigenvalue weighted by Crippen LogP contribution is 2.09. The van der Waals surface area contributed by atoms with Crippen molar-refractivity contribution in [3.05, 3.63) is 12.2 Å². The molecule has 44 valence electrons. The van der Waals surface area contributed by atoms with Crippen molar-refractivity contribution < 1.29 is 0 Å². The lowest BCUT2D eigenvalue weighted by atomic mass is 10.1. The van der Waals surface area contributed by atoms with Gasteiger partial charge in [-0.2, -0.15) is 5.10 Å². The second kappa shape index (κ2) is 1.62. The molecule has 1 atom stereocenters. The molecule has 0 aliphatic carbocycles. The van der Waals surface area contributed by atoms with E-state index in [-0.39, 0.29) is 5.92 Å². The van der Waals surface area contributed by atoms with Crippen LogP contribution < -0.4 is 0 Å². The van der Waals surface area contributed by atoms with Crippen molar-refractivity contribution in [2.45, 2.75) is 0 Å². The van der Waals surface area contributed by atoms with E-state index in [1.54, 1.807) is 12.4 Å². The quantitative estimate of drug-likeness (QED) is 0.448. The summed E-state index contributed by atoms with van der Waals surface area (Å²) in [4.78, 5) is 4.00. The molecule has 0 aromatic rings. The van der Waals surface area contributed by atoms with Gasteiger partial charge in [0.25, 0.3) is 0 Å². The molecule has 2 rings (SSSR count). The summed E-state index contributed by atoms with van der Waals surface area (Å²) in [6, 6.07) is 0. The molecule has 2 heterocycles. The van der Waals surface area contributed by atoms with Crippen LogP contribution in [0.25, 0.3) is 0 Å². The minimum absolute atomic E-state index is 0.245. The lowest BCUT2D eigenvalue weighted by Gasteiger charge is -2.01. The molecule has 0 fully saturated rings. The molecule has 0 saturated heterocycles. The van der Waals surface area contributed by atoms with E-state index >= 15 is 0 Å². The summed E-state index contributed by atoms with van der Waals surface area (Å²) in [5.41, 5.74) is 0. The van der Waals surface area contributed by atoms with E-state index in [9.17, 15) is 0 Å². The lowest BCUT2D eigenvalue weighted by Crippen LogP contribution is -2.09. The predicted molar refractivity (Wildman–Crippen MR) is 37.0 cm³/mol. The van der Waals surface area contributed by atoms with Crippen LogP contribution in [0.5, 0.6) is 0 Å². The molecule has 0 aromatic carbocycles. The molecular weight excluding hydrogens is 114 g/mol. The number of hydrogen-bond donors (Lipinski definition) is 0. The van der Waals surface area contributed by atoms with E-state index in [0.717, 1.165) is 5.84 Å². The van der Waals surface area contributed by atoms with Crippen LogP contribution in [0.1, 0.15) is 0 Å². The van der Waals surface area contributed by atoms with Crippen molar-refractivity contribution in [3.8, 4) is 0 Å². The fourth-order valence-electron chi connectivity index (χ4n) is 0.834. The number of dihydropyridines is 1. The first-order valence-electron chi connectivity index (χ1n) is 2.79. The van der Waals surface area contributed by atoms with Gasteiger partial charge in [0.05, 0.1) is 5.92 Å². The summed E-state index contributed by atoms with van der Waals surface area (Å²) < 4.78 is 0. The molecule has 0 radical (unpaired) electrons. The SMILES string of the molecule is C1=CC2C=NN=C2N=C1. The zero-order valence-corrected chi connectivity index (χ0v) is 4.73. The van der Waals surface area contributed by atoms with E-state index in [4.69, 9.17) is 0 Å². The van der Waals surface area contributed by atoms with Crippen LogP contribution in [0.15, 0.2) is 27.3 Å². The molecule has 3 heteroatoms. The van der Waals surface area contributed by atoms with Crippen LogP contribution >= 0.6 is 0 Å². The second-order valence-electron chi connectivity index (χ2n) is 1.91. The highest BCUT2D eigenvalue weighted by atomic mass is 15.3. The van der Waals surface area contributed by atoms with E-state index in [2.05, 4.69) is 15.2 Å². The monoisotopic (exact) mass is 119 g/mol. The third kappa shape index (κ3) is 0.614. The van der Waals surface area contributed by atoms with Crippen LogP contribution in [0.2, 0.25) is 0 Å². The maximum absolute atomic E-state index is 4.00. The summed E-state index contributed by atoms with van der Waals surface area (Å²) >= 11 is 0. The van der Waals surface area contributed by atoms with Gasteiger partial charge in [-0.15, -0.1) is 5.10 Å². The Labute approximate surface area is 52.5 Å². The minimum Gasteiger partial charge on any atom is -0.239 e. The molecule has 0 spiro atoms. The van der Waals surface area contributed by atoms with Gasteiger partial charge in [0.2, 0.25) is 0 Å². The van der Waals surface area contributed by atoms with Gasteiger partial charge >= 0.3 is 0 Å². The fraction of sp³-hybridized carbons (Fsp3) is 0.167. The second-order valence-corrected chi connectivity index (χ2v) is 1.91. The number of hydrogen-bond acceptors (Lipinski definition) is 3. The van der Waals surface area contributed by atoms with Crippen LogP contribution in [-0.2, 0) is 0 Å². The maximum atomic E-state index is 4.00. The van der Waals surface area contributed by atoms with Crippen LogP contribution in [0.3, 0.4) is 0 Å². The molecule has 1 unspecified atom stereocenters. The minimum atomic E-state index is 0.245. The standard InChI is InChI=1S/C6H5N3/c1-2-5-4-8-9-6(5)7-3-1/h1-5H. The summed E-state index contributed by atoms with van der Waals surface area (Å²) in [7, 11) is 0. The summed E-state index contributed by atoms with van der Waals surface area (Å²) in [6.45, 7) is 0. The van der Waals surface area contributed by atoms with Crippen molar-refractivity contribution in [1.29, 1.82) is 0 Å². The van der Waals surface area contributed by atoms with Gasteiger partial charge in [-0.25, -0.2) is 4.99 Å². The van der Waals surface area contributed by atoms with Crippen LogP contribution in [0.4, 0.5) is 0 Å². The largest absolute Gasteiger partial charge is 0.239 e. The summed E-state index contributed by atoms with van der Waals surface area (Å²) in [6.07, 6.45) is 7.43. The van der Waals surface area contributed by atoms with Crippen molar-refractivity contribution >= 4 is 18.3 Å². The van der Waals surface area contributed by atoms with Crippen LogP contribution in [0, 0.1) is 5.92 Å². The first-order chi connectivity index (χ1) is 4.47. The maximum Gasteiger partial charge on any atom is 0.163 e. The molecule has 9 heavy (non-hydrogen) atoms. The molecule has 0 N–H and O–H groups in total. The van der Waals surface area contributed by atoms with E-state index in [1.165, 1.54) is 0 Å². The number of fused-ring (bicyclic) bond motifs is 1. The van der Waals surface area contributed by atoms with Gasteiger partial charge in [-0.1, -0.05) is 6.08 Å². The van der Waals surface area contributed by atoms with E-state index < -0.39 is 0 Å². The zero-order valence-electron chi connectivity index (χ0n) is 4.73. The van der Waals surface area contributed by atoms with Crippen molar-refractivity contribution in [3.63, 3.8) is 0 Å². The smallest absolute Gasteiger partial charge is 0.163 e. The highest BCUT2D eigenvalue weighted by Gasteiger charge is 2.15. The molecule has 0 bridgehead atoms. The number of allylic oxidation sites excluding steroid dienone is 1. The Morgan fingerprint density at radius 3 is 3.33 bits per heavy atom. The molecule has 3 nitrogen and oxygen atoms in total. The highest BCUT2D eigenvalue weighted by molar-refractivity contribution is 6.08. The Morgan fingerprint density at radius 1 is 1.44 bits per heavy atom. The summed E-state index contributed by atoms with van der Waals surface area (Å²) in [5, 5.41) is 7.52. The fourth-order valence-corrected chi connectivity index (χ4v) is 0.834. The zero-order chi connectivity index (χ0) is 6.10. The Morgan fingerprint density at radius 2 is 2.44 bits per heavy atom. The normalized spacial score (nSPS) is 28.4. The molecular formula is C6H5N3. The average Bonchev–Trinajstić information content (AvgIpc) is 2.33. The Bertz CT molecular complexity index is 235. The van der Waals surface area contributed by atoms with E-state index in [0.29, 0.717) is 0 Å². The first kappa shape index (κ1) is 4.61. The Hall–Kier alpha value is -1.25. The number of aliphatic imine (C=N–C) groups is 1. The van der Waals surface area contributed by atoms with Gasteiger partial charge < -0.3 is 0 Å². The Balaban J connectivity index is 2.40. The van der Waals surface area contributed by atoms with Gasteiger partial charge in [-0.05, 0) is 6.08 Å². The van der Waals surface area contributed by atoms with Gasteiger partial charge in [0, 0.05) is 12.4 Å². The predicted octanol–water partition coefficient (Wildman–Crippen LogP) is 0.641. The summed E-state index contributed by atoms with van der Waals surface area (Å²) in [5.74, 6) is 1.05. The Kier molecular flexibility index (Phi) is 0.828. The lowest BCUT2D eigenvalue weighted by molar-refractivity contribution is 1.22. The third-order valence-corrected chi connectivity index (χ3v) is 1.30. The topological polar surface area (TPSA) is 37.1 Å². The van der Waals surface area contributed by atoms with Crippen LogP contribution in [-0.4, -0.2) is 18.3 Å². The van der Waals surface area contributed by atoms with Gasteiger partial charge in [0.15, 0.2) is 5.84 Å². The van der Waals surface area contributed by atoms with Gasteiger partial charge in [-0.3, -0.25) is 0 Å².